The fraction of sp³-hybridized carbons (Fsp3) is 0.636. The van der Waals surface area contributed by atoms with Gasteiger partial charge in [-0.1, -0.05) is 0 Å². The maximum Gasteiger partial charge on any atom is 0.226 e. The van der Waals surface area contributed by atoms with Gasteiger partial charge in [0.15, 0.2) is 0 Å². The predicted molar refractivity (Wildman–Crippen MR) is 65.9 cm³/mol. The summed E-state index contributed by atoms with van der Waals surface area (Å²) in [5.41, 5.74) is 0. The monoisotopic (exact) mass is 236 g/mol. The molecule has 1 N–H and O–H groups in total. The van der Waals surface area contributed by atoms with Crippen LogP contribution in [-0.2, 0) is 0 Å². The van der Waals surface area contributed by atoms with Gasteiger partial charge in [-0.3, -0.25) is 0 Å². The van der Waals surface area contributed by atoms with Crippen LogP contribution >= 0.6 is 11.8 Å². The number of rotatable bonds is 2. The molecule has 0 aromatic carbocycles. The first kappa shape index (κ1) is 10.4. The third-order valence-corrected chi connectivity index (χ3v) is 4.17. The van der Waals surface area contributed by atoms with Crippen molar-refractivity contribution in [2.45, 2.75) is 17.5 Å². The number of thioether (sulfide) groups is 1. The van der Waals surface area contributed by atoms with Crippen LogP contribution in [0.25, 0.3) is 0 Å². The molecule has 2 saturated heterocycles. The van der Waals surface area contributed by atoms with Gasteiger partial charge in [0.2, 0.25) is 5.95 Å². The van der Waals surface area contributed by atoms with Gasteiger partial charge in [0.05, 0.1) is 0 Å². The molecular formula is C11H16N4S. The zero-order chi connectivity index (χ0) is 11.0. The number of nitrogens with zero attached hydrogens (tertiary/aromatic N) is 3. The van der Waals surface area contributed by atoms with Crippen LogP contribution in [0.4, 0.5) is 5.95 Å². The molecule has 0 radical (unpaired) electrons. The Labute approximate surface area is 99.8 Å². The van der Waals surface area contributed by atoms with Crippen molar-refractivity contribution < 1.29 is 0 Å². The van der Waals surface area contributed by atoms with E-state index in [1.165, 1.54) is 6.42 Å². The summed E-state index contributed by atoms with van der Waals surface area (Å²) in [5.74, 6) is 1.70. The highest BCUT2D eigenvalue weighted by Gasteiger charge is 2.38. The minimum absolute atomic E-state index is 0.608. The molecule has 3 rings (SSSR count). The van der Waals surface area contributed by atoms with Gasteiger partial charge < -0.3 is 10.2 Å². The number of hydrogen-bond donors (Lipinski definition) is 1. The topological polar surface area (TPSA) is 41.1 Å². The molecule has 2 aliphatic rings. The Bertz CT molecular complexity index is 384. The smallest absolute Gasteiger partial charge is 0.226 e. The van der Waals surface area contributed by atoms with Crippen molar-refractivity contribution in [1.29, 1.82) is 0 Å². The lowest BCUT2D eigenvalue weighted by atomic mass is 10.1. The van der Waals surface area contributed by atoms with E-state index in [4.69, 9.17) is 0 Å². The highest BCUT2D eigenvalue weighted by atomic mass is 32.2. The van der Waals surface area contributed by atoms with Gasteiger partial charge >= 0.3 is 0 Å². The van der Waals surface area contributed by atoms with E-state index in [9.17, 15) is 0 Å². The number of anilines is 1. The van der Waals surface area contributed by atoms with Crippen LogP contribution < -0.4 is 10.2 Å². The lowest BCUT2D eigenvalue weighted by Crippen LogP contribution is -2.35. The second-order valence-corrected chi connectivity index (χ2v) is 5.19. The molecule has 2 fully saturated rings. The molecule has 0 aliphatic carbocycles. The summed E-state index contributed by atoms with van der Waals surface area (Å²) >= 11 is 1.67. The molecule has 2 atom stereocenters. The van der Waals surface area contributed by atoms with Crippen LogP contribution in [0.2, 0.25) is 0 Å². The third kappa shape index (κ3) is 1.68. The maximum absolute atomic E-state index is 4.58. The molecule has 86 valence electrons. The number of aromatic nitrogens is 2. The largest absolute Gasteiger partial charge is 0.336 e. The molecule has 0 bridgehead atoms. The van der Waals surface area contributed by atoms with E-state index < -0.39 is 0 Å². The van der Waals surface area contributed by atoms with Crippen LogP contribution in [0.1, 0.15) is 6.42 Å². The fourth-order valence-corrected chi connectivity index (χ4v) is 3.05. The normalized spacial score (nSPS) is 28.4. The Kier molecular flexibility index (Phi) is 2.73. The first-order valence-corrected chi connectivity index (χ1v) is 6.95. The molecule has 16 heavy (non-hydrogen) atoms. The van der Waals surface area contributed by atoms with Gasteiger partial charge in [-0.25, -0.2) is 9.97 Å². The first-order valence-electron chi connectivity index (χ1n) is 5.73. The van der Waals surface area contributed by atoms with Crippen LogP contribution in [0.5, 0.6) is 0 Å². The molecule has 0 unspecified atom stereocenters. The van der Waals surface area contributed by atoms with Crippen molar-refractivity contribution in [1.82, 2.24) is 15.3 Å². The molecule has 3 heterocycles. The minimum atomic E-state index is 0.608. The number of hydrogen-bond acceptors (Lipinski definition) is 5. The number of nitrogens with one attached hydrogen (secondary N) is 1. The Hall–Kier alpha value is -0.810. The van der Waals surface area contributed by atoms with Gasteiger partial charge in [0, 0.05) is 31.9 Å². The summed E-state index contributed by atoms with van der Waals surface area (Å²) in [4.78, 5) is 11.4. The molecular weight excluding hydrogens is 220 g/mol. The standard InChI is InChI=1S/C11H16N4S/c1-16-10-2-4-13-11(14-10)15-5-3-8-6-12-7-9(8)15/h2,4,8-9,12H,3,5-7H2,1H3/t8-,9+/m0/s1. The summed E-state index contributed by atoms with van der Waals surface area (Å²) in [5, 5.41) is 4.51. The zero-order valence-corrected chi connectivity index (χ0v) is 10.2. The van der Waals surface area contributed by atoms with E-state index in [-0.39, 0.29) is 0 Å². The van der Waals surface area contributed by atoms with Crippen molar-refractivity contribution in [2.24, 2.45) is 5.92 Å². The Balaban J connectivity index is 1.86. The van der Waals surface area contributed by atoms with E-state index in [0.29, 0.717) is 6.04 Å². The predicted octanol–water partition coefficient (Wildman–Crippen LogP) is 0.997. The van der Waals surface area contributed by atoms with E-state index >= 15 is 0 Å². The molecule has 1 aromatic heterocycles. The molecule has 2 aliphatic heterocycles. The average Bonchev–Trinajstić information content (AvgIpc) is 2.90. The average molecular weight is 236 g/mol. The lowest BCUT2D eigenvalue weighted by Gasteiger charge is -2.23. The van der Waals surface area contributed by atoms with Gasteiger partial charge in [0.1, 0.15) is 5.03 Å². The van der Waals surface area contributed by atoms with E-state index in [1.54, 1.807) is 11.8 Å². The Morgan fingerprint density at radius 1 is 1.50 bits per heavy atom. The van der Waals surface area contributed by atoms with E-state index in [0.717, 1.165) is 36.5 Å². The van der Waals surface area contributed by atoms with E-state index in [1.807, 2.05) is 12.3 Å². The second-order valence-electron chi connectivity index (χ2n) is 4.37. The third-order valence-electron chi connectivity index (χ3n) is 3.53. The first-order chi connectivity index (χ1) is 7.88. The summed E-state index contributed by atoms with van der Waals surface area (Å²) < 4.78 is 0. The summed E-state index contributed by atoms with van der Waals surface area (Å²) in [6, 6.07) is 2.58. The van der Waals surface area contributed by atoms with Crippen LogP contribution in [0, 0.1) is 5.92 Å². The number of fused-ring (bicyclic) bond motifs is 1. The molecule has 1 aromatic rings. The summed E-state index contributed by atoms with van der Waals surface area (Å²) in [6.07, 6.45) is 5.18. The molecule has 0 amide bonds. The Morgan fingerprint density at radius 2 is 2.44 bits per heavy atom. The van der Waals surface area contributed by atoms with Crippen molar-refractivity contribution in [2.75, 3.05) is 30.8 Å². The lowest BCUT2D eigenvalue weighted by molar-refractivity contribution is 0.575. The van der Waals surface area contributed by atoms with Crippen LogP contribution in [0.15, 0.2) is 17.3 Å². The second kappa shape index (κ2) is 4.22. The molecule has 0 saturated carbocycles. The molecule has 4 nitrogen and oxygen atoms in total. The maximum atomic E-state index is 4.58. The van der Waals surface area contributed by atoms with Crippen molar-refractivity contribution in [3.05, 3.63) is 12.3 Å². The van der Waals surface area contributed by atoms with Gasteiger partial charge in [-0.2, -0.15) is 0 Å². The van der Waals surface area contributed by atoms with Gasteiger partial charge in [-0.05, 0) is 24.7 Å². The SMILES string of the molecule is CSc1ccnc(N2CC[C@H]3CNC[C@H]32)n1. The molecule has 5 heteroatoms. The van der Waals surface area contributed by atoms with Crippen LogP contribution in [0.3, 0.4) is 0 Å². The quantitative estimate of drug-likeness (QED) is 0.613. The molecule has 0 spiro atoms. The van der Waals surface area contributed by atoms with Crippen molar-refractivity contribution >= 4 is 17.7 Å². The summed E-state index contributed by atoms with van der Waals surface area (Å²) in [6.45, 7) is 3.34. The van der Waals surface area contributed by atoms with Crippen molar-refractivity contribution in [3.8, 4) is 0 Å². The highest BCUT2D eigenvalue weighted by Crippen LogP contribution is 2.30. The van der Waals surface area contributed by atoms with Gasteiger partial charge in [-0.15, -0.1) is 11.8 Å². The van der Waals surface area contributed by atoms with Crippen molar-refractivity contribution in [3.63, 3.8) is 0 Å². The van der Waals surface area contributed by atoms with Crippen LogP contribution in [-0.4, -0.2) is 41.9 Å². The van der Waals surface area contributed by atoms with Gasteiger partial charge in [0.25, 0.3) is 0 Å². The summed E-state index contributed by atoms with van der Waals surface area (Å²) in [7, 11) is 0. The Morgan fingerprint density at radius 3 is 3.31 bits per heavy atom. The highest BCUT2D eigenvalue weighted by molar-refractivity contribution is 7.98. The zero-order valence-electron chi connectivity index (χ0n) is 9.39. The van der Waals surface area contributed by atoms with E-state index in [2.05, 4.69) is 26.4 Å². The fourth-order valence-electron chi connectivity index (χ4n) is 2.68. The minimum Gasteiger partial charge on any atom is -0.336 e.